The first-order valence-corrected chi connectivity index (χ1v) is 7.99. The van der Waals surface area contributed by atoms with Gasteiger partial charge >= 0.3 is 0 Å². The standard InChI is InChI=1S/C19H17FN4O3/c1-26-14-6-8-17(27-2)16(11-14)22-19(25)15-7-9-18(24-23-15)21-13-5-3-4-12(20)10-13/h3-11H,1-2H3,(H,21,24)(H,22,25). The lowest BCUT2D eigenvalue weighted by Crippen LogP contribution is -2.15. The fourth-order valence-corrected chi connectivity index (χ4v) is 2.33. The molecule has 7 nitrogen and oxygen atoms in total. The summed E-state index contributed by atoms with van der Waals surface area (Å²) in [5.74, 6) is 0.631. The first kappa shape index (κ1) is 18.1. The Morgan fingerprint density at radius 2 is 1.85 bits per heavy atom. The summed E-state index contributed by atoms with van der Waals surface area (Å²) in [7, 11) is 3.04. The van der Waals surface area contributed by atoms with E-state index in [0.717, 1.165) is 0 Å². The Hall–Kier alpha value is -3.68. The highest BCUT2D eigenvalue weighted by atomic mass is 19.1. The number of hydrogen-bond donors (Lipinski definition) is 2. The zero-order valence-electron chi connectivity index (χ0n) is 14.7. The average Bonchev–Trinajstić information content (AvgIpc) is 2.68. The van der Waals surface area contributed by atoms with Crippen LogP contribution in [0, 0.1) is 5.82 Å². The van der Waals surface area contributed by atoms with Crippen LogP contribution in [0.2, 0.25) is 0 Å². The van der Waals surface area contributed by atoms with Crippen molar-refractivity contribution in [3.8, 4) is 11.5 Å². The number of anilines is 3. The van der Waals surface area contributed by atoms with E-state index in [-0.39, 0.29) is 11.5 Å². The first-order chi connectivity index (χ1) is 13.1. The van der Waals surface area contributed by atoms with Gasteiger partial charge in [-0.2, -0.15) is 0 Å². The molecule has 8 heteroatoms. The highest BCUT2D eigenvalue weighted by Gasteiger charge is 2.13. The molecule has 0 atom stereocenters. The Morgan fingerprint density at radius 1 is 1.00 bits per heavy atom. The molecule has 0 unspecified atom stereocenters. The number of aromatic nitrogens is 2. The Balaban J connectivity index is 1.72. The van der Waals surface area contributed by atoms with E-state index in [2.05, 4.69) is 20.8 Å². The minimum absolute atomic E-state index is 0.115. The maximum absolute atomic E-state index is 13.2. The summed E-state index contributed by atoms with van der Waals surface area (Å²) in [5.41, 5.74) is 1.10. The van der Waals surface area contributed by atoms with Crippen LogP contribution >= 0.6 is 0 Å². The summed E-state index contributed by atoms with van der Waals surface area (Å²) in [4.78, 5) is 12.4. The molecule has 0 saturated carbocycles. The Kier molecular flexibility index (Phi) is 5.46. The van der Waals surface area contributed by atoms with Crippen molar-refractivity contribution in [2.75, 3.05) is 24.9 Å². The van der Waals surface area contributed by atoms with Gasteiger partial charge in [0.05, 0.1) is 19.9 Å². The van der Waals surface area contributed by atoms with E-state index in [9.17, 15) is 9.18 Å². The van der Waals surface area contributed by atoms with Crippen LogP contribution in [-0.4, -0.2) is 30.3 Å². The molecule has 3 rings (SSSR count). The monoisotopic (exact) mass is 368 g/mol. The average molecular weight is 368 g/mol. The number of halogens is 1. The fraction of sp³-hybridized carbons (Fsp3) is 0.105. The molecule has 0 spiro atoms. The van der Waals surface area contributed by atoms with Gasteiger partial charge in [0.2, 0.25) is 0 Å². The topological polar surface area (TPSA) is 85.4 Å². The van der Waals surface area contributed by atoms with Crippen molar-refractivity contribution in [2.45, 2.75) is 0 Å². The molecule has 0 fully saturated rings. The van der Waals surface area contributed by atoms with Gasteiger partial charge < -0.3 is 20.1 Å². The van der Waals surface area contributed by atoms with Crippen LogP contribution in [0.5, 0.6) is 11.5 Å². The highest BCUT2D eigenvalue weighted by Crippen LogP contribution is 2.29. The van der Waals surface area contributed by atoms with Crippen molar-refractivity contribution >= 4 is 23.1 Å². The minimum atomic E-state index is -0.452. The molecular weight excluding hydrogens is 351 g/mol. The molecule has 0 aliphatic heterocycles. The van der Waals surface area contributed by atoms with Crippen molar-refractivity contribution in [1.82, 2.24) is 10.2 Å². The number of benzene rings is 2. The number of nitrogens with zero attached hydrogens (tertiary/aromatic N) is 2. The first-order valence-electron chi connectivity index (χ1n) is 7.99. The molecule has 138 valence electrons. The predicted octanol–water partition coefficient (Wildman–Crippen LogP) is 3.63. The maximum Gasteiger partial charge on any atom is 0.276 e. The van der Waals surface area contributed by atoms with Crippen molar-refractivity contribution < 1.29 is 18.7 Å². The van der Waals surface area contributed by atoms with Gasteiger partial charge in [0.15, 0.2) is 11.5 Å². The summed E-state index contributed by atoms with van der Waals surface area (Å²) in [6.07, 6.45) is 0. The molecule has 0 radical (unpaired) electrons. The smallest absolute Gasteiger partial charge is 0.276 e. The maximum atomic E-state index is 13.2. The van der Waals surface area contributed by atoms with Crippen LogP contribution in [0.4, 0.5) is 21.6 Å². The Morgan fingerprint density at radius 3 is 2.52 bits per heavy atom. The molecule has 1 amide bonds. The minimum Gasteiger partial charge on any atom is -0.497 e. The van der Waals surface area contributed by atoms with Gasteiger partial charge in [0.1, 0.15) is 17.3 Å². The van der Waals surface area contributed by atoms with E-state index < -0.39 is 5.91 Å². The van der Waals surface area contributed by atoms with E-state index in [1.54, 1.807) is 36.4 Å². The third-order valence-corrected chi connectivity index (χ3v) is 3.65. The van der Waals surface area contributed by atoms with Crippen molar-refractivity contribution in [1.29, 1.82) is 0 Å². The number of rotatable bonds is 6. The highest BCUT2D eigenvalue weighted by molar-refractivity contribution is 6.03. The van der Waals surface area contributed by atoms with Crippen LogP contribution in [-0.2, 0) is 0 Å². The van der Waals surface area contributed by atoms with Crippen LogP contribution in [0.1, 0.15) is 10.5 Å². The van der Waals surface area contributed by atoms with Crippen LogP contribution in [0.25, 0.3) is 0 Å². The summed E-state index contributed by atoms with van der Waals surface area (Å²) < 4.78 is 23.6. The van der Waals surface area contributed by atoms with Crippen LogP contribution < -0.4 is 20.1 Å². The lowest BCUT2D eigenvalue weighted by atomic mass is 10.2. The van der Waals surface area contributed by atoms with E-state index in [0.29, 0.717) is 28.7 Å². The molecule has 2 aromatic carbocycles. The van der Waals surface area contributed by atoms with E-state index in [1.807, 2.05) is 0 Å². The molecule has 0 saturated heterocycles. The SMILES string of the molecule is COc1ccc(OC)c(NC(=O)c2ccc(Nc3cccc(F)c3)nn2)c1. The second-order valence-electron chi connectivity index (χ2n) is 5.46. The molecule has 3 aromatic rings. The lowest BCUT2D eigenvalue weighted by molar-refractivity contribution is 0.102. The lowest BCUT2D eigenvalue weighted by Gasteiger charge is -2.11. The molecule has 1 aromatic heterocycles. The Labute approximate surface area is 155 Å². The van der Waals surface area contributed by atoms with Crippen LogP contribution in [0.3, 0.4) is 0 Å². The quantitative estimate of drug-likeness (QED) is 0.691. The third kappa shape index (κ3) is 4.49. The number of hydrogen-bond acceptors (Lipinski definition) is 6. The summed E-state index contributed by atoms with van der Waals surface area (Å²) in [6.45, 7) is 0. The Bertz CT molecular complexity index is 948. The van der Waals surface area contributed by atoms with Crippen molar-refractivity contribution in [3.05, 3.63) is 66.1 Å². The van der Waals surface area contributed by atoms with Gasteiger partial charge in [0.25, 0.3) is 5.91 Å². The number of methoxy groups -OCH3 is 2. The van der Waals surface area contributed by atoms with Gasteiger partial charge in [-0.15, -0.1) is 10.2 Å². The van der Waals surface area contributed by atoms with Crippen molar-refractivity contribution in [2.24, 2.45) is 0 Å². The van der Waals surface area contributed by atoms with Gasteiger partial charge in [-0.25, -0.2) is 4.39 Å². The number of ether oxygens (including phenoxy) is 2. The van der Waals surface area contributed by atoms with Crippen molar-refractivity contribution in [3.63, 3.8) is 0 Å². The van der Waals surface area contributed by atoms with Gasteiger partial charge in [-0.3, -0.25) is 4.79 Å². The molecule has 0 aliphatic carbocycles. The van der Waals surface area contributed by atoms with Gasteiger partial charge in [-0.05, 0) is 42.5 Å². The molecule has 27 heavy (non-hydrogen) atoms. The van der Waals surface area contributed by atoms with E-state index >= 15 is 0 Å². The number of carbonyl (C=O) groups excluding carboxylic acids is 1. The van der Waals surface area contributed by atoms with Crippen LogP contribution in [0.15, 0.2) is 54.6 Å². The van der Waals surface area contributed by atoms with Gasteiger partial charge in [0, 0.05) is 11.8 Å². The molecule has 2 N–H and O–H groups in total. The second kappa shape index (κ2) is 8.13. The van der Waals surface area contributed by atoms with E-state index in [1.165, 1.54) is 32.4 Å². The van der Waals surface area contributed by atoms with Gasteiger partial charge in [-0.1, -0.05) is 6.07 Å². The number of carbonyl (C=O) groups is 1. The molecule has 0 aliphatic rings. The molecule has 1 heterocycles. The summed E-state index contributed by atoms with van der Waals surface area (Å²) in [6, 6.07) is 14.1. The zero-order chi connectivity index (χ0) is 19.2. The molecule has 0 bridgehead atoms. The molecular formula is C19H17FN4O3. The summed E-state index contributed by atoms with van der Waals surface area (Å²) >= 11 is 0. The zero-order valence-corrected chi connectivity index (χ0v) is 14.7. The third-order valence-electron chi connectivity index (χ3n) is 3.65. The summed E-state index contributed by atoms with van der Waals surface area (Å²) in [5, 5.41) is 13.5. The number of nitrogens with one attached hydrogen (secondary N) is 2. The number of amides is 1. The fourth-order valence-electron chi connectivity index (χ4n) is 2.33. The largest absolute Gasteiger partial charge is 0.497 e. The van der Waals surface area contributed by atoms with E-state index in [4.69, 9.17) is 9.47 Å². The normalized spacial score (nSPS) is 10.2. The predicted molar refractivity (Wildman–Crippen MR) is 99.2 cm³/mol. The second-order valence-corrected chi connectivity index (χ2v) is 5.46.